The fourth-order valence-electron chi connectivity index (χ4n) is 8.04. The number of phenols is 2. The van der Waals surface area contributed by atoms with Crippen LogP contribution in [0, 0.1) is 11.3 Å². The summed E-state index contributed by atoms with van der Waals surface area (Å²) >= 11 is 0. The smallest absolute Gasteiger partial charge is 0.176 e. The summed E-state index contributed by atoms with van der Waals surface area (Å²) in [5.41, 5.74) is 3.88. The van der Waals surface area contributed by atoms with E-state index in [0.717, 1.165) is 55.1 Å². The number of nitriles is 1. The quantitative estimate of drug-likeness (QED) is 0.0993. The highest BCUT2D eigenvalue weighted by atomic mass is 16.3. The maximum Gasteiger partial charge on any atom is 0.176 e. The number of Topliss-reactive ketones (excluding diaryl/α,β-unsaturated/α-hetero) is 1. The van der Waals surface area contributed by atoms with Gasteiger partial charge < -0.3 is 35.2 Å². The first-order chi connectivity index (χ1) is 24.8. The number of carbonyl (C=O) groups is 1. The van der Waals surface area contributed by atoms with Crippen molar-refractivity contribution in [2.24, 2.45) is 0 Å². The Hall–Kier alpha value is -6.49. The molecule has 0 bridgehead atoms. The maximum absolute atomic E-state index is 14.9. The zero-order valence-corrected chi connectivity index (χ0v) is 30.5. The molecule has 1 aliphatic rings. The molecule has 0 aliphatic heterocycles. The van der Waals surface area contributed by atoms with Crippen LogP contribution in [-0.4, -0.2) is 78.2 Å². The van der Waals surface area contributed by atoms with Crippen LogP contribution in [0.15, 0.2) is 83.9 Å². The van der Waals surface area contributed by atoms with Crippen LogP contribution in [0.25, 0.3) is 54.1 Å². The highest BCUT2D eigenvalue weighted by molar-refractivity contribution is 6.39. The number of hydrogen-bond donors (Lipinski definition) is 2. The van der Waals surface area contributed by atoms with E-state index in [4.69, 9.17) is 0 Å². The third-order valence-electron chi connectivity index (χ3n) is 10.2. The number of phenolic OH excluding ortho intramolecular Hbond substituents is 2. The second kappa shape index (κ2) is 12.4. The molecule has 1 unspecified atom stereocenters. The number of benzene rings is 6. The second-order valence-electron chi connectivity index (χ2n) is 14.1. The van der Waals surface area contributed by atoms with Crippen LogP contribution >= 0.6 is 0 Å². The van der Waals surface area contributed by atoms with Gasteiger partial charge in [0.2, 0.25) is 0 Å². The van der Waals surface area contributed by atoms with E-state index in [-0.39, 0.29) is 33.8 Å². The van der Waals surface area contributed by atoms with Crippen molar-refractivity contribution in [1.82, 2.24) is 0 Å². The number of nitrogens with zero attached hydrogens (tertiary/aromatic N) is 6. The Morgan fingerprint density at radius 3 is 1.63 bits per heavy atom. The molecule has 0 fully saturated rings. The second-order valence-corrected chi connectivity index (χ2v) is 14.1. The number of aromatic hydroxyl groups is 2. The first-order valence-electron chi connectivity index (χ1n) is 16.9. The monoisotopic (exact) mass is 687 g/mol. The lowest BCUT2D eigenvalue weighted by Crippen LogP contribution is -2.30. The first kappa shape index (κ1) is 34.0. The predicted octanol–water partition coefficient (Wildman–Crippen LogP) is 7.78. The van der Waals surface area contributed by atoms with E-state index in [1.807, 2.05) is 149 Å². The van der Waals surface area contributed by atoms with Gasteiger partial charge in [0.15, 0.2) is 5.78 Å². The molecule has 0 radical (unpaired) electrons. The Morgan fingerprint density at radius 1 is 0.673 bits per heavy atom. The fourth-order valence-corrected chi connectivity index (χ4v) is 8.04. The van der Waals surface area contributed by atoms with Gasteiger partial charge in [0.25, 0.3) is 0 Å². The lowest BCUT2D eigenvalue weighted by Gasteiger charge is -2.36. The molecule has 6 aromatic carbocycles. The molecule has 0 amide bonds. The Labute approximate surface area is 302 Å². The van der Waals surface area contributed by atoms with E-state index >= 15 is 0 Å². The highest BCUT2D eigenvalue weighted by Gasteiger charge is 2.46. The summed E-state index contributed by atoms with van der Waals surface area (Å²) in [7, 11) is 15.4. The summed E-state index contributed by atoms with van der Waals surface area (Å²) in [6.07, 6.45) is 0. The van der Waals surface area contributed by atoms with Crippen molar-refractivity contribution < 1.29 is 15.0 Å². The SMILES string of the molecule is CN(C)c1cc(O)c(C2=C(C(=C=[N-])C#N)C(c3c(O)cc(N(C)C)c4c(N(C)C)c5ccccc5cc34)C2=O)c2cc3ccccc3c(N(C)C)c12. The van der Waals surface area contributed by atoms with E-state index in [2.05, 4.69) is 0 Å². The van der Waals surface area contributed by atoms with Gasteiger partial charge in [-0.3, -0.25) is 10.7 Å². The van der Waals surface area contributed by atoms with Gasteiger partial charge in [-0.2, -0.15) is 5.26 Å². The molecular weight excluding hydrogens is 649 g/mol. The van der Waals surface area contributed by atoms with Crippen molar-refractivity contribution in [1.29, 1.82) is 5.26 Å². The van der Waals surface area contributed by atoms with Crippen LogP contribution in [0.5, 0.6) is 11.5 Å². The molecule has 2 N–H and O–H groups in total. The lowest BCUT2D eigenvalue weighted by molar-refractivity contribution is -0.115. The number of ketones is 1. The number of anilines is 4. The first-order valence-corrected chi connectivity index (χ1v) is 16.9. The van der Waals surface area contributed by atoms with Crippen molar-refractivity contribution in [3.63, 3.8) is 0 Å². The molecule has 260 valence electrons. The Balaban J connectivity index is 1.65. The van der Waals surface area contributed by atoms with E-state index in [1.165, 1.54) is 0 Å². The molecule has 52 heavy (non-hydrogen) atoms. The van der Waals surface area contributed by atoms with Gasteiger partial charge in [-0.25, -0.2) is 0 Å². The van der Waals surface area contributed by atoms with E-state index < -0.39 is 11.7 Å². The Kier molecular flexibility index (Phi) is 8.09. The van der Waals surface area contributed by atoms with Gasteiger partial charge >= 0.3 is 0 Å². The number of fused-ring (bicyclic) bond motifs is 4. The van der Waals surface area contributed by atoms with Gasteiger partial charge in [0.1, 0.15) is 17.6 Å². The Bertz CT molecular complexity index is 2660. The molecule has 7 rings (SSSR count). The predicted molar refractivity (Wildman–Crippen MR) is 216 cm³/mol. The molecule has 0 spiro atoms. The van der Waals surface area contributed by atoms with Crippen molar-refractivity contribution in [2.75, 3.05) is 76.0 Å². The largest absolute Gasteiger partial charge is 0.762 e. The lowest BCUT2D eigenvalue weighted by atomic mass is 9.65. The molecule has 9 nitrogen and oxygen atoms in total. The number of rotatable bonds is 7. The highest BCUT2D eigenvalue weighted by Crippen LogP contribution is 2.57. The number of hydrogen-bond acceptors (Lipinski definition) is 8. The van der Waals surface area contributed by atoms with E-state index in [9.17, 15) is 25.7 Å². The summed E-state index contributed by atoms with van der Waals surface area (Å²) < 4.78 is 0. The van der Waals surface area contributed by atoms with Crippen LogP contribution in [0.2, 0.25) is 0 Å². The van der Waals surface area contributed by atoms with Gasteiger partial charge in [-0.05, 0) is 33.7 Å². The van der Waals surface area contributed by atoms with Gasteiger partial charge in [-0.15, -0.1) is 0 Å². The van der Waals surface area contributed by atoms with Crippen LogP contribution in [0.4, 0.5) is 22.7 Å². The third-order valence-corrected chi connectivity index (χ3v) is 10.2. The van der Waals surface area contributed by atoms with Crippen LogP contribution in [0.3, 0.4) is 0 Å². The normalized spacial score (nSPS) is 14.1. The number of allylic oxidation sites excluding steroid dienone is 3. The average Bonchev–Trinajstić information content (AvgIpc) is 3.11. The molecule has 0 saturated carbocycles. The summed E-state index contributed by atoms with van der Waals surface area (Å²) in [5, 5.41) is 51.2. The zero-order chi connectivity index (χ0) is 37.3. The molecule has 0 aromatic heterocycles. The fraction of sp³-hybridized carbons (Fsp3) is 0.209. The molecule has 1 aliphatic carbocycles. The molecular formula is C43H39N6O3-. The maximum atomic E-state index is 14.9. The van der Waals surface area contributed by atoms with E-state index in [1.54, 1.807) is 12.1 Å². The summed E-state index contributed by atoms with van der Waals surface area (Å²) in [4.78, 5) is 22.8. The van der Waals surface area contributed by atoms with Crippen molar-refractivity contribution >= 4 is 83.1 Å². The van der Waals surface area contributed by atoms with Crippen LogP contribution in [0.1, 0.15) is 17.0 Å². The standard InChI is InChI=1S/C43H39N6O3/c1-46(2)30-19-32(50)37(28-17-23-13-9-11-15-26(23)41(35(28)30)48(5)6)39-34(25(21-44)22-45)40(43(39)52)38-29-18-24-14-10-12-16-27(24)42(49(7)8)36(29)31(47(3)4)20-33(38)51/h9-20,39,50-51H,1-8H3/q-1. The molecule has 9 heteroatoms. The number of carbonyl (C=O) groups excluding carboxylic acids is 1. The van der Waals surface area contributed by atoms with Crippen molar-refractivity contribution in [2.45, 2.75) is 5.92 Å². The van der Waals surface area contributed by atoms with E-state index in [0.29, 0.717) is 16.3 Å². The average molecular weight is 688 g/mol. The molecule has 1 atom stereocenters. The van der Waals surface area contributed by atoms with Gasteiger partial charge in [0.05, 0.1) is 22.9 Å². The molecule has 0 heterocycles. The van der Waals surface area contributed by atoms with Crippen LogP contribution < -0.4 is 19.6 Å². The molecule has 0 saturated heterocycles. The minimum atomic E-state index is -1.14. The summed E-state index contributed by atoms with van der Waals surface area (Å²) in [6.45, 7) is 0. The third kappa shape index (κ3) is 4.84. The summed E-state index contributed by atoms with van der Waals surface area (Å²) in [6, 6.07) is 25.1. The summed E-state index contributed by atoms with van der Waals surface area (Å²) in [5.74, 6) is 0.216. The van der Waals surface area contributed by atoms with Crippen LogP contribution in [-0.2, 0) is 4.79 Å². The Morgan fingerprint density at radius 2 is 1.15 bits per heavy atom. The zero-order valence-electron chi connectivity index (χ0n) is 30.5. The van der Waals surface area contributed by atoms with Gasteiger partial charge in [0, 0.05) is 124 Å². The van der Waals surface area contributed by atoms with Crippen molar-refractivity contribution in [3.8, 4) is 17.6 Å². The minimum Gasteiger partial charge on any atom is -0.762 e. The topological polar surface area (TPSA) is 117 Å². The van der Waals surface area contributed by atoms with Gasteiger partial charge in [-0.1, -0.05) is 48.5 Å². The molecule has 6 aromatic rings. The van der Waals surface area contributed by atoms with Crippen molar-refractivity contribution in [3.05, 3.63) is 100 Å². The minimum absolute atomic E-state index is 0.0914.